The van der Waals surface area contributed by atoms with Gasteiger partial charge in [-0.05, 0) is 13.3 Å². The quantitative estimate of drug-likeness (QED) is 0.256. The third kappa shape index (κ3) is 8.39. The molecule has 6 heteroatoms. The maximum Gasteiger partial charge on any atom is 0.0692 e. The van der Waals surface area contributed by atoms with Gasteiger partial charge in [0.25, 0.3) is 0 Å². The zero-order valence-corrected chi connectivity index (χ0v) is 16.5. The van der Waals surface area contributed by atoms with E-state index in [2.05, 4.69) is 6.92 Å². The van der Waals surface area contributed by atoms with Crippen molar-refractivity contribution in [3.63, 3.8) is 0 Å². The fourth-order valence-electron chi connectivity index (χ4n) is 1.91. The maximum atomic E-state index is 6.32. The molecule has 6 unspecified atom stereocenters. The van der Waals surface area contributed by atoms with Crippen molar-refractivity contribution < 1.29 is 0 Å². The molecular weight excluding hydrogens is 381 g/mol. The SMILES string of the molecule is CCCCCCCC(Cl)C(Cl)C(Cl)C(Cl)C(Cl)C(C)Cl. The Bertz CT molecular complexity index is 236. The highest BCUT2D eigenvalue weighted by atomic mass is 35.5. The Morgan fingerprint density at radius 1 is 0.650 bits per heavy atom. The van der Waals surface area contributed by atoms with E-state index in [1.807, 2.05) is 0 Å². The smallest absolute Gasteiger partial charge is 0.0692 e. The van der Waals surface area contributed by atoms with Gasteiger partial charge >= 0.3 is 0 Å². The fraction of sp³-hybridized carbons (Fsp3) is 1.00. The summed E-state index contributed by atoms with van der Waals surface area (Å²) in [5.41, 5.74) is 0. The summed E-state index contributed by atoms with van der Waals surface area (Å²) >= 11 is 37.2. The van der Waals surface area contributed by atoms with Crippen molar-refractivity contribution in [3.8, 4) is 0 Å². The maximum absolute atomic E-state index is 6.32. The van der Waals surface area contributed by atoms with Gasteiger partial charge in [-0.3, -0.25) is 0 Å². The molecule has 0 saturated heterocycles. The first kappa shape index (κ1) is 21.7. The van der Waals surface area contributed by atoms with Gasteiger partial charge in [-0.15, -0.1) is 69.6 Å². The first-order valence-electron chi connectivity index (χ1n) is 7.17. The number of rotatable bonds is 11. The lowest BCUT2D eigenvalue weighted by Crippen LogP contribution is -2.39. The second kappa shape index (κ2) is 12.2. The highest BCUT2D eigenvalue weighted by molar-refractivity contribution is 6.41. The molecule has 0 aromatic rings. The zero-order valence-electron chi connectivity index (χ0n) is 12.0. The van der Waals surface area contributed by atoms with Crippen molar-refractivity contribution in [1.82, 2.24) is 0 Å². The van der Waals surface area contributed by atoms with E-state index in [0.29, 0.717) is 0 Å². The van der Waals surface area contributed by atoms with Gasteiger partial charge in [0.2, 0.25) is 0 Å². The molecule has 0 radical (unpaired) electrons. The minimum Gasteiger partial charge on any atom is -0.122 e. The Hall–Kier alpha value is 1.74. The standard InChI is InChI=1S/C14H24Cl6/c1-3-4-5-6-7-8-10(16)12(18)14(20)13(19)11(17)9(2)15/h9-14H,3-8H2,1-2H3. The minimum absolute atomic E-state index is 0.198. The van der Waals surface area contributed by atoms with Gasteiger partial charge in [-0.1, -0.05) is 39.0 Å². The van der Waals surface area contributed by atoms with Crippen molar-refractivity contribution in [1.29, 1.82) is 0 Å². The molecule has 122 valence electrons. The Balaban J connectivity index is 4.11. The van der Waals surface area contributed by atoms with Crippen LogP contribution in [0.2, 0.25) is 0 Å². The fourth-order valence-corrected chi connectivity index (χ4v) is 3.82. The third-order valence-electron chi connectivity index (χ3n) is 3.28. The molecule has 0 N–H and O–H groups in total. The molecule has 0 bridgehead atoms. The monoisotopic (exact) mass is 402 g/mol. The Kier molecular flexibility index (Phi) is 13.3. The lowest BCUT2D eigenvalue weighted by molar-refractivity contribution is 0.565. The summed E-state index contributed by atoms with van der Waals surface area (Å²) in [6.07, 6.45) is 6.81. The number of hydrogen-bond acceptors (Lipinski definition) is 0. The Morgan fingerprint density at radius 3 is 1.65 bits per heavy atom. The van der Waals surface area contributed by atoms with Gasteiger partial charge in [0.1, 0.15) is 0 Å². The van der Waals surface area contributed by atoms with Crippen LogP contribution >= 0.6 is 69.6 Å². The lowest BCUT2D eigenvalue weighted by atomic mass is 10.0. The van der Waals surface area contributed by atoms with Crippen LogP contribution in [0.1, 0.15) is 52.4 Å². The number of alkyl halides is 6. The first-order chi connectivity index (χ1) is 9.32. The highest BCUT2D eigenvalue weighted by Gasteiger charge is 2.35. The summed E-state index contributed by atoms with van der Waals surface area (Å²) in [5, 5.41) is -2.32. The zero-order chi connectivity index (χ0) is 15.7. The summed E-state index contributed by atoms with van der Waals surface area (Å²) in [7, 11) is 0. The van der Waals surface area contributed by atoms with Crippen LogP contribution in [0.3, 0.4) is 0 Å². The molecule has 20 heavy (non-hydrogen) atoms. The molecule has 0 amide bonds. The Labute approximate surface area is 153 Å². The van der Waals surface area contributed by atoms with Crippen LogP contribution in [0, 0.1) is 0 Å². The number of hydrogen-bond donors (Lipinski definition) is 0. The van der Waals surface area contributed by atoms with E-state index in [-0.39, 0.29) is 10.8 Å². The van der Waals surface area contributed by atoms with Gasteiger partial charge in [0.05, 0.1) is 26.9 Å². The summed E-state index contributed by atoms with van der Waals surface area (Å²) < 4.78 is 0. The van der Waals surface area contributed by atoms with E-state index in [0.717, 1.165) is 12.8 Å². The van der Waals surface area contributed by atoms with Crippen molar-refractivity contribution in [2.45, 2.75) is 84.6 Å². The van der Waals surface area contributed by atoms with Crippen LogP contribution in [-0.2, 0) is 0 Å². The van der Waals surface area contributed by atoms with Gasteiger partial charge in [-0.25, -0.2) is 0 Å². The summed E-state index contributed by atoms with van der Waals surface area (Å²) in [4.78, 5) is 0. The molecule has 0 rings (SSSR count). The van der Waals surface area contributed by atoms with Crippen molar-refractivity contribution in [3.05, 3.63) is 0 Å². The molecule has 6 atom stereocenters. The van der Waals surface area contributed by atoms with E-state index in [9.17, 15) is 0 Å². The second-order valence-electron chi connectivity index (χ2n) is 5.17. The molecule has 0 saturated carbocycles. The Morgan fingerprint density at radius 2 is 1.15 bits per heavy atom. The number of unbranched alkanes of at least 4 members (excludes halogenated alkanes) is 4. The third-order valence-corrected chi connectivity index (χ3v) is 7.00. The van der Waals surface area contributed by atoms with Crippen LogP contribution in [0.5, 0.6) is 0 Å². The molecule has 0 nitrogen and oxygen atoms in total. The molecule has 0 aliphatic rings. The largest absolute Gasteiger partial charge is 0.122 e. The molecular formula is C14H24Cl6. The number of halogens is 6. The van der Waals surface area contributed by atoms with Crippen LogP contribution < -0.4 is 0 Å². The average Bonchev–Trinajstić information content (AvgIpc) is 2.43. The van der Waals surface area contributed by atoms with E-state index < -0.39 is 21.5 Å². The van der Waals surface area contributed by atoms with E-state index in [1.54, 1.807) is 6.92 Å². The van der Waals surface area contributed by atoms with Crippen molar-refractivity contribution in [2.24, 2.45) is 0 Å². The topological polar surface area (TPSA) is 0 Å². The first-order valence-corrected chi connectivity index (χ1v) is 9.79. The van der Waals surface area contributed by atoms with Crippen molar-refractivity contribution in [2.75, 3.05) is 0 Å². The molecule has 0 aromatic carbocycles. The second-order valence-corrected chi connectivity index (χ2v) is 8.44. The van der Waals surface area contributed by atoms with Crippen LogP contribution in [-0.4, -0.2) is 32.3 Å². The van der Waals surface area contributed by atoms with Gasteiger partial charge < -0.3 is 0 Å². The van der Waals surface area contributed by atoms with Crippen LogP contribution in [0.4, 0.5) is 0 Å². The molecule has 0 spiro atoms. The summed E-state index contributed by atoms with van der Waals surface area (Å²) in [6, 6.07) is 0. The summed E-state index contributed by atoms with van der Waals surface area (Å²) in [5.74, 6) is 0. The van der Waals surface area contributed by atoms with Crippen LogP contribution in [0.25, 0.3) is 0 Å². The average molecular weight is 405 g/mol. The highest BCUT2D eigenvalue weighted by Crippen LogP contribution is 2.32. The molecule has 0 fully saturated rings. The molecule has 0 heterocycles. The molecule has 0 aromatic heterocycles. The predicted molar refractivity (Wildman–Crippen MR) is 96.9 cm³/mol. The molecule has 0 aliphatic carbocycles. The van der Waals surface area contributed by atoms with Gasteiger partial charge in [0, 0.05) is 5.38 Å². The predicted octanol–water partition coefficient (Wildman–Crippen LogP) is 7.01. The summed E-state index contributed by atoms with van der Waals surface area (Å²) in [6.45, 7) is 3.98. The van der Waals surface area contributed by atoms with E-state index in [4.69, 9.17) is 69.6 Å². The van der Waals surface area contributed by atoms with E-state index in [1.165, 1.54) is 25.7 Å². The van der Waals surface area contributed by atoms with Gasteiger partial charge in [0.15, 0.2) is 0 Å². The van der Waals surface area contributed by atoms with Crippen molar-refractivity contribution >= 4 is 69.6 Å². The molecule has 0 aliphatic heterocycles. The lowest BCUT2D eigenvalue weighted by Gasteiger charge is -2.28. The van der Waals surface area contributed by atoms with Crippen LogP contribution in [0.15, 0.2) is 0 Å². The van der Waals surface area contributed by atoms with E-state index >= 15 is 0 Å². The minimum atomic E-state index is -0.505. The van der Waals surface area contributed by atoms with Gasteiger partial charge in [-0.2, -0.15) is 0 Å². The normalized spacial score (nSPS) is 21.0.